The molecule has 0 spiro atoms. The van der Waals surface area contributed by atoms with E-state index in [1.165, 1.54) is 0 Å². The van der Waals surface area contributed by atoms with E-state index in [9.17, 15) is 4.79 Å². The molecule has 1 aliphatic rings. The van der Waals surface area contributed by atoms with Crippen LogP contribution >= 0.6 is 35.4 Å². The Kier molecular flexibility index (Phi) is 7.15. The van der Waals surface area contributed by atoms with Gasteiger partial charge in [-0.15, -0.1) is 0 Å². The van der Waals surface area contributed by atoms with Crippen molar-refractivity contribution in [3.05, 3.63) is 44.4 Å². The summed E-state index contributed by atoms with van der Waals surface area (Å²) in [5, 5.41) is 11.3. The number of hydrogen-bond donors (Lipinski definition) is 2. The van der Waals surface area contributed by atoms with E-state index in [2.05, 4.69) is 22.4 Å². The molecule has 0 saturated carbocycles. The topological polar surface area (TPSA) is 71.9 Å². The molecule has 9 heteroatoms. The number of rotatable bonds is 7. The molecule has 2 N–H and O–H groups in total. The Labute approximate surface area is 179 Å². The number of nitrogens with one attached hydrogen (secondary N) is 2. The maximum atomic E-state index is 12.7. The SMILES string of the molecule is CCCc1n[nH]c(=S)n1CC(=O)NCC1(c2ccc(Cl)cc2Cl)CCOCC1. The van der Waals surface area contributed by atoms with E-state index >= 15 is 0 Å². The second-order valence-corrected chi connectivity index (χ2v) is 8.31. The molecule has 0 radical (unpaired) electrons. The predicted molar refractivity (Wildman–Crippen MR) is 113 cm³/mol. The summed E-state index contributed by atoms with van der Waals surface area (Å²) in [7, 11) is 0. The minimum absolute atomic E-state index is 0.106. The molecule has 0 unspecified atom stereocenters. The van der Waals surface area contributed by atoms with Gasteiger partial charge >= 0.3 is 0 Å². The number of carbonyl (C=O) groups excluding carboxylic acids is 1. The molecule has 1 amide bonds. The number of hydrogen-bond acceptors (Lipinski definition) is 4. The van der Waals surface area contributed by atoms with Gasteiger partial charge < -0.3 is 10.1 Å². The van der Waals surface area contributed by atoms with Crippen LogP contribution in [0.25, 0.3) is 0 Å². The van der Waals surface area contributed by atoms with Crippen LogP contribution in [-0.2, 0) is 27.9 Å². The van der Waals surface area contributed by atoms with Crippen LogP contribution in [0.4, 0.5) is 0 Å². The third-order valence-corrected chi connectivity index (χ3v) is 6.05. The molecule has 0 aliphatic carbocycles. The van der Waals surface area contributed by atoms with Crippen LogP contribution in [0.15, 0.2) is 18.2 Å². The first-order valence-electron chi connectivity index (χ1n) is 9.39. The minimum Gasteiger partial charge on any atom is -0.381 e. The number of halogens is 2. The molecular formula is C19H24Cl2N4O2S. The van der Waals surface area contributed by atoms with Gasteiger partial charge in [0, 0.05) is 41.6 Å². The van der Waals surface area contributed by atoms with Gasteiger partial charge in [0.15, 0.2) is 4.77 Å². The lowest BCUT2D eigenvalue weighted by molar-refractivity contribution is -0.122. The van der Waals surface area contributed by atoms with Crippen LogP contribution in [0.2, 0.25) is 10.0 Å². The number of aryl methyl sites for hydroxylation is 1. The van der Waals surface area contributed by atoms with Gasteiger partial charge in [0.05, 0.1) is 0 Å². The van der Waals surface area contributed by atoms with Crippen molar-refractivity contribution in [2.45, 2.75) is 44.6 Å². The molecule has 2 heterocycles. The zero-order valence-electron chi connectivity index (χ0n) is 15.8. The molecule has 6 nitrogen and oxygen atoms in total. The molecule has 0 atom stereocenters. The van der Waals surface area contributed by atoms with Gasteiger partial charge in [-0.3, -0.25) is 14.5 Å². The van der Waals surface area contributed by atoms with E-state index < -0.39 is 0 Å². The molecule has 2 aromatic rings. The summed E-state index contributed by atoms with van der Waals surface area (Å²) in [6, 6.07) is 5.54. The van der Waals surface area contributed by atoms with Crippen molar-refractivity contribution in [1.29, 1.82) is 0 Å². The normalized spacial score (nSPS) is 16.1. The number of nitrogens with zero attached hydrogens (tertiary/aromatic N) is 2. The standard InChI is InChI=1S/C19H24Cl2N4O2S/c1-2-3-16-23-24-18(28)25(16)11-17(26)22-12-19(6-8-27-9-7-19)14-5-4-13(20)10-15(14)21/h4-5,10H,2-3,6-9,11-12H2,1H3,(H,22,26)(H,24,28). The van der Waals surface area contributed by atoms with Crippen LogP contribution in [-0.4, -0.2) is 40.4 Å². The van der Waals surface area contributed by atoms with Crippen LogP contribution < -0.4 is 5.32 Å². The van der Waals surface area contributed by atoms with E-state index in [4.69, 9.17) is 40.2 Å². The van der Waals surface area contributed by atoms with Gasteiger partial charge in [0.25, 0.3) is 0 Å². The van der Waals surface area contributed by atoms with E-state index in [0.29, 0.717) is 34.6 Å². The quantitative estimate of drug-likeness (QED) is 0.633. The van der Waals surface area contributed by atoms with Gasteiger partial charge in [-0.05, 0) is 49.2 Å². The first kappa shape index (κ1) is 21.3. The zero-order chi connectivity index (χ0) is 20.1. The third-order valence-electron chi connectivity index (χ3n) is 5.19. The first-order valence-corrected chi connectivity index (χ1v) is 10.6. The van der Waals surface area contributed by atoms with Gasteiger partial charge in [0.2, 0.25) is 5.91 Å². The maximum absolute atomic E-state index is 12.7. The van der Waals surface area contributed by atoms with E-state index in [1.807, 2.05) is 12.1 Å². The monoisotopic (exact) mass is 442 g/mol. The van der Waals surface area contributed by atoms with E-state index in [0.717, 1.165) is 37.1 Å². The summed E-state index contributed by atoms with van der Waals surface area (Å²) < 4.78 is 7.76. The average molecular weight is 443 g/mol. The summed E-state index contributed by atoms with van der Waals surface area (Å²) in [5.41, 5.74) is 0.716. The summed E-state index contributed by atoms with van der Waals surface area (Å²) >= 11 is 17.8. The molecule has 152 valence electrons. The Morgan fingerprint density at radius 1 is 1.39 bits per heavy atom. The second-order valence-electron chi connectivity index (χ2n) is 7.07. The Morgan fingerprint density at radius 3 is 2.82 bits per heavy atom. The van der Waals surface area contributed by atoms with Crippen molar-refractivity contribution < 1.29 is 9.53 Å². The van der Waals surface area contributed by atoms with Gasteiger partial charge in [-0.25, -0.2) is 0 Å². The Hall–Kier alpha value is -1.41. The fraction of sp³-hybridized carbons (Fsp3) is 0.526. The van der Waals surface area contributed by atoms with Crippen LogP contribution in [0.3, 0.4) is 0 Å². The molecule has 0 bridgehead atoms. The van der Waals surface area contributed by atoms with Crippen molar-refractivity contribution in [2.24, 2.45) is 0 Å². The van der Waals surface area contributed by atoms with Crippen molar-refractivity contribution in [3.8, 4) is 0 Å². The number of amides is 1. The molecular weight excluding hydrogens is 419 g/mol. The van der Waals surface area contributed by atoms with E-state index in [-0.39, 0.29) is 17.9 Å². The van der Waals surface area contributed by atoms with Crippen molar-refractivity contribution in [1.82, 2.24) is 20.1 Å². The minimum atomic E-state index is -0.278. The second kappa shape index (κ2) is 9.39. The van der Waals surface area contributed by atoms with E-state index in [1.54, 1.807) is 10.6 Å². The number of ether oxygens (including phenoxy) is 1. The molecule has 28 heavy (non-hydrogen) atoms. The van der Waals surface area contributed by atoms with Crippen LogP contribution in [0.1, 0.15) is 37.6 Å². The zero-order valence-corrected chi connectivity index (χ0v) is 18.1. The fourth-order valence-corrected chi connectivity index (χ4v) is 4.44. The number of H-pyrrole nitrogens is 1. The lowest BCUT2D eigenvalue weighted by Gasteiger charge is -2.38. The maximum Gasteiger partial charge on any atom is 0.240 e. The highest BCUT2D eigenvalue weighted by Gasteiger charge is 2.36. The predicted octanol–water partition coefficient (Wildman–Crippen LogP) is 4.06. The van der Waals surface area contributed by atoms with Crippen LogP contribution in [0.5, 0.6) is 0 Å². The highest BCUT2D eigenvalue weighted by atomic mass is 35.5. The Morgan fingerprint density at radius 2 is 2.14 bits per heavy atom. The molecule has 1 aromatic heterocycles. The lowest BCUT2D eigenvalue weighted by atomic mass is 9.74. The average Bonchev–Trinajstić information content (AvgIpc) is 3.01. The lowest BCUT2D eigenvalue weighted by Crippen LogP contribution is -2.45. The summed E-state index contributed by atoms with van der Waals surface area (Å²) in [5.74, 6) is 0.690. The summed E-state index contributed by atoms with van der Waals surface area (Å²) in [6.45, 7) is 3.94. The Balaban J connectivity index is 1.75. The molecule has 1 saturated heterocycles. The van der Waals surface area contributed by atoms with Gasteiger partial charge in [0.1, 0.15) is 12.4 Å². The van der Waals surface area contributed by atoms with Crippen molar-refractivity contribution >= 4 is 41.3 Å². The Bertz CT molecular complexity index is 890. The molecule has 3 rings (SSSR count). The van der Waals surface area contributed by atoms with Crippen molar-refractivity contribution in [2.75, 3.05) is 19.8 Å². The number of carbonyl (C=O) groups is 1. The fourth-order valence-electron chi connectivity index (χ4n) is 3.62. The number of benzene rings is 1. The molecule has 1 aliphatic heterocycles. The summed E-state index contributed by atoms with van der Waals surface area (Å²) in [6.07, 6.45) is 3.25. The first-order chi connectivity index (χ1) is 13.4. The largest absolute Gasteiger partial charge is 0.381 e. The smallest absolute Gasteiger partial charge is 0.240 e. The highest BCUT2D eigenvalue weighted by molar-refractivity contribution is 7.71. The number of aromatic nitrogens is 3. The molecule has 1 aromatic carbocycles. The highest BCUT2D eigenvalue weighted by Crippen LogP contribution is 2.39. The summed E-state index contributed by atoms with van der Waals surface area (Å²) in [4.78, 5) is 12.7. The number of aromatic amines is 1. The van der Waals surface area contributed by atoms with Gasteiger partial charge in [-0.2, -0.15) is 5.10 Å². The third kappa shape index (κ3) is 4.76. The van der Waals surface area contributed by atoms with Crippen LogP contribution in [0, 0.1) is 4.77 Å². The van der Waals surface area contributed by atoms with Gasteiger partial charge in [-0.1, -0.05) is 36.2 Å². The van der Waals surface area contributed by atoms with Crippen molar-refractivity contribution in [3.63, 3.8) is 0 Å². The molecule has 1 fully saturated rings.